The average molecular weight is 455 g/mol. The number of amides is 1. The van der Waals surface area contributed by atoms with Crippen LogP contribution in [0.2, 0.25) is 0 Å². The molecule has 2 aromatic rings. The average Bonchev–Trinajstić information content (AvgIpc) is 2.95. The molecule has 2 atom stereocenters. The second-order valence-corrected chi connectivity index (χ2v) is 10.3. The van der Waals surface area contributed by atoms with Crippen LogP contribution >= 0.6 is 31.9 Å². The van der Waals surface area contributed by atoms with Gasteiger partial charge in [0.1, 0.15) is 5.58 Å². The number of carbonyl (C=O) groups is 1. The standard InChI is InChI=1S/C19H21Br2NO2/c1-18(2)7-13-8-19(3,9-18)10-22(13)17(23)15-5-11-4-12(20)6-14(21)16(11)24-15/h4-6,13H,7-10H2,1-3H3/t13-,19-/m1/s1. The molecule has 1 aromatic heterocycles. The van der Waals surface area contributed by atoms with Gasteiger partial charge in [-0.2, -0.15) is 0 Å². The fraction of sp³-hybridized carbons (Fsp3) is 0.526. The third-order valence-electron chi connectivity index (χ3n) is 5.42. The Labute approximate surface area is 159 Å². The van der Waals surface area contributed by atoms with E-state index in [1.165, 1.54) is 6.42 Å². The number of halogens is 2. The first-order valence-electron chi connectivity index (χ1n) is 8.35. The largest absolute Gasteiger partial charge is 0.450 e. The van der Waals surface area contributed by atoms with Crippen LogP contribution in [0.25, 0.3) is 11.0 Å². The molecular formula is C19H21Br2NO2. The number of likely N-dealkylation sites (tertiary alicyclic amines) is 1. The van der Waals surface area contributed by atoms with Crippen molar-refractivity contribution in [3.8, 4) is 0 Å². The molecule has 1 aliphatic heterocycles. The Morgan fingerprint density at radius 1 is 1.21 bits per heavy atom. The molecule has 5 heteroatoms. The molecule has 24 heavy (non-hydrogen) atoms. The van der Waals surface area contributed by atoms with E-state index in [2.05, 4.69) is 57.5 Å². The van der Waals surface area contributed by atoms with Crippen LogP contribution in [-0.4, -0.2) is 23.4 Å². The highest BCUT2D eigenvalue weighted by Gasteiger charge is 2.51. The maximum absolute atomic E-state index is 13.1. The molecule has 2 heterocycles. The molecular weight excluding hydrogens is 434 g/mol. The minimum absolute atomic E-state index is 0.0284. The van der Waals surface area contributed by atoms with Gasteiger partial charge in [0.25, 0.3) is 5.91 Å². The summed E-state index contributed by atoms with van der Waals surface area (Å²) >= 11 is 7.00. The normalized spacial score (nSPS) is 28.5. The van der Waals surface area contributed by atoms with Crippen molar-refractivity contribution >= 4 is 48.7 Å². The zero-order chi connectivity index (χ0) is 17.3. The highest BCUT2D eigenvalue weighted by molar-refractivity contribution is 9.11. The Morgan fingerprint density at radius 2 is 1.96 bits per heavy atom. The topological polar surface area (TPSA) is 33.5 Å². The number of rotatable bonds is 1. The van der Waals surface area contributed by atoms with Gasteiger partial charge in [-0.05, 0) is 64.2 Å². The Morgan fingerprint density at radius 3 is 2.71 bits per heavy atom. The summed E-state index contributed by atoms with van der Waals surface area (Å²) in [5, 5.41) is 0.938. The van der Waals surface area contributed by atoms with Gasteiger partial charge in [0.05, 0.1) is 4.47 Å². The Bertz CT molecular complexity index is 841. The van der Waals surface area contributed by atoms with Crippen molar-refractivity contribution < 1.29 is 9.21 Å². The number of benzene rings is 1. The van der Waals surface area contributed by atoms with Crippen LogP contribution < -0.4 is 0 Å². The first-order valence-corrected chi connectivity index (χ1v) is 9.94. The quantitative estimate of drug-likeness (QED) is 0.529. The minimum Gasteiger partial charge on any atom is -0.450 e. The van der Waals surface area contributed by atoms with Gasteiger partial charge in [-0.1, -0.05) is 36.7 Å². The summed E-state index contributed by atoms with van der Waals surface area (Å²) in [4.78, 5) is 15.2. The SMILES string of the molecule is CC1(C)C[C@@H]2C[C@@](C)(CN2C(=O)c2cc3cc(Br)cc(Br)c3o2)C1. The predicted molar refractivity (Wildman–Crippen MR) is 102 cm³/mol. The molecule has 0 spiro atoms. The van der Waals surface area contributed by atoms with Crippen LogP contribution in [0.15, 0.2) is 31.6 Å². The molecule has 2 fully saturated rings. The molecule has 128 valence electrons. The van der Waals surface area contributed by atoms with E-state index in [-0.39, 0.29) is 11.3 Å². The van der Waals surface area contributed by atoms with Crippen molar-refractivity contribution in [1.82, 2.24) is 4.90 Å². The van der Waals surface area contributed by atoms with Gasteiger partial charge in [0, 0.05) is 22.4 Å². The van der Waals surface area contributed by atoms with E-state index < -0.39 is 0 Å². The molecule has 1 aromatic carbocycles. The molecule has 0 unspecified atom stereocenters. The van der Waals surface area contributed by atoms with Crippen molar-refractivity contribution in [3.05, 3.63) is 32.9 Å². The van der Waals surface area contributed by atoms with Gasteiger partial charge in [-0.15, -0.1) is 0 Å². The monoisotopic (exact) mass is 453 g/mol. The third-order valence-corrected chi connectivity index (χ3v) is 6.47. The summed E-state index contributed by atoms with van der Waals surface area (Å²) in [7, 11) is 0. The fourth-order valence-electron chi connectivity index (χ4n) is 5.02. The summed E-state index contributed by atoms with van der Waals surface area (Å²) in [6.45, 7) is 7.80. The van der Waals surface area contributed by atoms with E-state index in [9.17, 15) is 4.79 Å². The summed E-state index contributed by atoms with van der Waals surface area (Å²) in [5.41, 5.74) is 1.27. The Kier molecular flexibility index (Phi) is 3.70. The van der Waals surface area contributed by atoms with Gasteiger partial charge >= 0.3 is 0 Å². The van der Waals surface area contributed by atoms with Crippen molar-refractivity contribution in [1.29, 1.82) is 0 Å². The smallest absolute Gasteiger partial charge is 0.289 e. The lowest BCUT2D eigenvalue weighted by Crippen LogP contribution is -2.37. The zero-order valence-electron chi connectivity index (χ0n) is 14.2. The maximum atomic E-state index is 13.1. The molecule has 2 bridgehead atoms. The van der Waals surface area contributed by atoms with Crippen molar-refractivity contribution in [2.75, 3.05) is 6.54 Å². The molecule has 1 aliphatic carbocycles. The van der Waals surface area contributed by atoms with E-state index in [0.717, 1.165) is 39.3 Å². The number of fused-ring (bicyclic) bond motifs is 3. The van der Waals surface area contributed by atoms with E-state index in [0.29, 0.717) is 17.2 Å². The van der Waals surface area contributed by atoms with E-state index in [4.69, 9.17) is 4.42 Å². The fourth-order valence-corrected chi connectivity index (χ4v) is 6.36. The molecule has 1 amide bonds. The van der Waals surface area contributed by atoms with Crippen LogP contribution in [0.3, 0.4) is 0 Å². The molecule has 3 nitrogen and oxygen atoms in total. The van der Waals surface area contributed by atoms with Gasteiger partial charge in [0.2, 0.25) is 0 Å². The van der Waals surface area contributed by atoms with Crippen LogP contribution in [0.5, 0.6) is 0 Å². The highest BCUT2D eigenvalue weighted by atomic mass is 79.9. The predicted octanol–water partition coefficient (Wildman–Crippen LogP) is 6.00. The molecule has 0 radical (unpaired) electrons. The Balaban J connectivity index is 1.69. The van der Waals surface area contributed by atoms with Crippen molar-refractivity contribution in [2.45, 2.75) is 46.1 Å². The maximum Gasteiger partial charge on any atom is 0.289 e. The lowest BCUT2D eigenvalue weighted by molar-refractivity contribution is 0.0679. The number of hydrogen-bond acceptors (Lipinski definition) is 2. The van der Waals surface area contributed by atoms with Crippen molar-refractivity contribution in [2.24, 2.45) is 10.8 Å². The molecule has 1 saturated heterocycles. The summed E-state index contributed by atoms with van der Waals surface area (Å²) in [5.74, 6) is 0.471. The molecule has 0 N–H and O–H groups in total. The van der Waals surface area contributed by atoms with Crippen LogP contribution in [0, 0.1) is 10.8 Å². The van der Waals surface area contributed by atoms with Crippen LogP contribution in [0.1, 0.15) is 50.6 Å². The number of carbonyl (C=O) groups excluding carboxylic acids is 1. The number of furan rings is 1. The number of hydrogen-bond donors (Lipinski definition) is 0. The Hall–Kier alpha value is -0.810. The van der Waals surface area contributed by atoms with Crippen LogP contribution in [0.4, 0.5) is 0 Å². The van der Waals surface area contributed by atoms with E-state index in [1.54, 1.807) is 0 Å². The third kappa shape index (κ3) is 2.74. The first kappa shape index (κ1) is 16.6. The summed E-state index contributed by atoms with van der Waals surface area (Å²) < 4.78 is 7.73. The highest BCUT2D eigenvalue weighted by Crippen LogP contribution is 2.52. The van der Waals surface area contributed by atoms with Gasteiger partial charge in [0.15, 0.2) is 5.76 Å². The van der Waals surface area contributed by atoms with E-state index in [1.807, 2.05) is 18.2 Å². The zero-order valence-corrected chi connectivity index (χ0v) is 17.3. The lowest BCUT2D eigenvalue weighted by atomic mass is 9.65. The molecule has 2 aliphatic rings. The van der Waals surface area contributed by atoms with Gasteiger partial charge in [-0.25, -0.2) is 0 Å². The van der Waals surface area contributed by atoms with Gasteiger partial charge in [-0.3, -0.25) is 4.79 Å². The van der Waals surface area contributed by atoms with Crippen LogP contribution in [-0.2, 0) is 0 Å². The van der Waals surface area contributed by atoms with Gasteiger partial charge < -0.3 is 9.32 Å². The number of nitrogens with zero attached hydrogens (tertiary/aromatic N) is 1. The second-order valence-electron chi connectivity index (χ2n) is 8.56. The molecule has 4 rings (SSSR count). The summed E-state index contributed by atoms with van der Waals surface area (Å²) in [6.07, 6.45) is 3.36. The molecule has 1 saturated carbocycles. The second kappa shape index (κ2) is 5.34. The summed E-state index contributed by atoms with van der Waals surface area (Å²) in [6, 6.07) is 6.11. The van der Waals surface area contributed by atoms with E-state index >= 15 is 0 Å². The minimum atomic E-state index is 0.0284. The van der Waals surface area contributed by atoms with Crippen molar-refractivity contribution in [3.63, 3.8) is 0 Å². The first-order chi connectivity index (χ1) is 11.2. The lowest BCUT2D eigenvalue weighted by Gasteiger charge is -2.39.